The fraction of sp³-hybridized carbons (Fsp3) is 0.235. The number of rotatable bonds is 6. The van der Waals surface area contributed by atoms with E-state index in [4.69, 9.17) is 11.6 Å². The highest BCUT2D eigenvalue weighted by Gasteiger charge is 2.14. The standard InChI is InChI=1S/C17H16ClNO4S/c1-10-3-7-15(24-10)14(20)6-8-16(21)19-11-4-5-13(18)12(9-11)17(22)23-2/h3-5,7,9H,6,8H2,1-2H3,(H,19,21). The lowest BCUT2D eigenvalue weighted by Crippen LogP contribution is -2.14. The average Bonchev–Trinajstić information content (AvgIpc) is 3.00. The molecule has 5 nitrogen and oxygen atoms in total. The number of carbonyl (C=O) groups excluding carboxylic acids is 3. The molecular weight excluding hydrogens is 350 g/mol. The lowest BCUT2D eigenvalue weighted by atomic mass is 10.1. The van der Waals surface area contributed by atoms with Crippen LogP contribution in [0.5, 0.6) is 0 Å². The SMILES string of the molecule is COC(=O)c1cc(NC(=O)CCC(=O)c2ccc(C)s2)ccc1Cl. The Bertz CT molecular complexity index is 785. The number of ketones is 1. The maximum atomic E-state index is 12.0. The maximum absolute atomic E-state index is 12.0. The fourth-order valence-corrected chi connectivity index (χ4v) is 3.06. The topological polar surface area (TPSA) is 72.5 Å². The van der Waals surface area contributed by atoms with Crippen LogP contribution >= 0.6 is 22.9 Å². The average molecular weight is 366 g/mol. The van der Waals surface area contributed by atoms with Crippen molar-refractivity contribution in [3.8, 4) is 0 Å². The minimum atomic E-state index is -0.584. The molecule has 1 heterocycles. The minimum Gasteiger partial charge on any atom is -0.465 e. The summed E-state index contributed by atoms with van der Waals surface area (Å²) in [6, 6.07) is 8.17. The number of halogens is 1. The van der Waals surface area contributed by atoms with Gasteiger partial charge < -0.3 is 10.1 Å². The van der Waals surface area contributed by atoms with Gasteiger partial charge in [-0.1, -0.05) is 11.6 Å². The first-order valence-corrected chi connectivity index (χ1v) is 8.37. The van der Waals surface area contributed by atoms with Gasteiger partial charge in [-0.2, -0.15) is 0 Å². The van der Waals surface area contributed by atoms with Crippen LogP contribution in [0.1, 0.15) is 37.7 Å². The van der Waals surface area contributed by atoms with Crippen molar-refractivity contribution in [2.75, 3.05) is 12.4 Å². The molecule has 0 aliphatic heterocycles. The Labute approximate surface area is 148 Å². The van der Waals surface area contributed by atoms with Crippen LogP contribution < -0.4 is 5.32 Å². The minimum absolute atomic E-state index is 0.0606. The molecular formula is C17H16ClNO4S. The summed E-state index contributed by atoms with van der Waals surface area (Å²) < 4.78 is 4.63. The van der Waals surface area contributed by atoms with E-state index < -0.39 is 5.97 Å². The van der Waals surface area contributed by atoms with E-state index in [9.17, 15) is 14.4 Å². The Kier molecular flexibility index (Phi) is 6.11. The predicted octanol–water partition coefficient (Wildman–Crippen LogP) is 4.10. The molecule has 0 fully saturated rings. The molecule has 0 saturated carbocycles. The zero-order valence-electron chi connectivity index (χ0n) is 13.2. The normalized spacial score (nSPS) is 10.3. The smallest absolute Gasteiger partial charge is 0.339 e. The molecule has 24 heavy (non-hydrogen) atoms. The largest absolute Gasteiger partial charge is 0.465 e. The van der Waals surface area contributed by atoms with E-state index in [1.807, 2.05) is 13.0 Å². The molecule has 0 atom stereocenters. The van der Waals surface area contributed by atoms with Crippen molar-refractivity contribution in [3.05, 3.63) is 50.7 Å². The van der Waals surface area contributed by atoms with Gasteiger partial charge in [-0.3, -0.25) is 9.59 Å². The maximum Gasteiger partial charge on any atom is 0.339 e. The molecule has 0 spiro atoms. The van der Waals surface area contributed by atoms with Crippen LogP contribution in [0.4, 0.5) is 5.69 Å². The Morgan fingerprint density at radius 3 is 2.54 bits per heavy atom. The van der Waals surface area contributed by atoms with Gasteiger partial charge in [0.2, 0.25) is 5.91 Å². The van der Waals surface area contributed by atoms with Crippen LogP contribution in [-0.4, -0.2) is 24.8 Å². The Morgan fingerprint density at radius 1 is 1.17 bits per heavy atom. The van der Waals surface area contributed by atoms with E-state index in [-0.39, 0.29) is 35.1 Å². The van der Waals surface area contributed by atoms with Gasteiger partial charge in [0.15, 0.2) is 5.78 Å². The van der Waals surface area contributed by atoms with Crippen molar-refractivity contribution >= 4 is 46.3 Å². The summed E-state index contributed by atoms with van der Waals surface area (Å²) in [5.74, 6) is -0.955. The fourth-order valence-electron chi connectivity index (χ4n) is 2.03. The number of ether oxygens (including phenoxy) is 1. The Hall–Kier alpha value is -2.18. The van der Waals surface area contributed by atoms with Gasteiger partial charge in [-0.25, -0.2) is 4.79 Å². The van der Waals surface area contributed by atoms with E-state index in [1.165, 1.54) is 30.6 Å². The summed E-state index contributed by atoms with van der Waals surface area (Å²) in [5, 5.41) is 2.89. The Balaban J connectivity index is 1.95. The van der Waals surface area contributed by atoms with Gasteiger partial charge >= 0.3 is 5.97 Å². The summed E-state index contributed by atoms with van der Waals surface area (Å²) in [6.07, 6.45) is 0.190. The number of aryl methyl sites for hydroxylation is 1. The molecule has 2 rings (SSSR count). The first kappa shape index (κ1) is 18.2. The molecule has 1 amide bonds. The summed E-state index contributed by atoms with van der Waals surface area (Å²) in [7, 11) is 1.25. The first-order chi connectivity index (χ1) is 11.4. The number of hydrogen-bond acceptors (Lipinski definition) is 5. The van der Waals surface area contributed by atoms with Crippen LogP contribution in [0.25, 0.3) is 0 Å². The zero-order chi connectivity index (χ0) is 17.7. The molecule has 0 unspecified atom stereocenters. The number of benzene rings is 1. The van der Waals surface area contributed by atoms with Crippen molar-refractivity contribution in [2.45, 2.75) is 19.8 Å². The summed E-state index contributed by atoms with van der Waals surface area (Å²) in [4.78, 5) is 37.3. The van der Waals surface area contributed by atoms with Crippen LogP contribution in [0.15, 0.2) is 30.3 Å². The van der Waals surface area contributed by atoms with Gasteiger partial charge in [-0.15, -0.1) is 11.3 Å². The third-order valence-electron chi connectivity index (χ3n) is 3.25. The third kappa shape index (κ3) is 4.66. The van der Waals surface area contributed by atoms with Crippen molar-refractivity contribution in [1.29, 1.82) is 0 Å². The highest BCUT2D eigenvalue weighted by atomic mass is 35.5. The summed E-state index contributed by atoms with van der Waals surface area (Å²) in [5.41, 5.74) is 0.589. The van der Waals surface area contributed by atoms with E-state index in [0.29, 0.717) is 10.6 Å². The van der Waals surface area contributed by atoms with E-state index in [1.54, 1.807) is 12.1 Å². The molecule has 1 N–H and O–H groups in total. The number of hydrogen-bond donors (Lipinski definition) is 1. The molecule has 7 heteroatoms. The molecule has 1 aromatic heterocycles. The summed E-state index contributed by atoms with van der Waals surface area (Å²) in [6.45, 7) is 1.92. The molecule has 0 aliphatic rings. The van der Waals surface area contributed by atoms with Gasteiger partial charge in [0.05, 0.1) is 22.6 Å². The molecule has 0 radical (unpaired) electrons. The van der Waals surface area contributed by atoms with Crippen LogP contribution in [0.2, 0.25) is 5.02 Å². The lowest BCUT2D eigenvalue weighted by Gasteiger charge is -2.08. The number of Topliss-reactive ketones (excluding diaryl/α,β-unsaturated/α-hetero) is 1. The highest BCUT2D eigenvalue weighted by molar-refractivity contribution is 7.14. The Morgan fingerprint density at radius 2 is 1.92 bits per heavy atom. The van der Waals surface area contributed by atoms with E-state index in [2.05, 4.69) is 10.1 Å². The highest BCUT2D eigenvalue weighted by Crippen LogP contribution is 2.22. The molecule has 0 bridgehead atoms. The van der Waals surface area contributed by atoms with Gasteiger partial charge in [0.1, 0.15) is 0 Å². The van der Waals surface area contributed by atoms with Crippen LogP contribution in [0, 0.1) is 6.92 Å². The van der Waals surface area contributed by atoms with Crippen molar-refractivity contribution in [3.63, 3.8) is 0 Å². The molecule has 126 valence electrons. The number of thiophene rings is 1. The lowest BCUT2D eigenvalue weighted by molar-refractivity contribution is -0.116. The van der Waals surface area contributed by atoms with Gasteiger partial charge in [0.25, 0.3) is 0 Å². The second kappa shape index (κ2) is 8.08. The molecule has 0 aliphatic carbocycles. The van der Waals surface area contributed by atoms with Gasteiger partial charge in [0, 0.05) is 23.4 Å². The van der Waals surface area contributed by atoms with Crippen LogP contribution in [0.3, 0.4) is 0 Å². The number of carbonyl (C=O) groups is 3. The number of anilines is 1. The number of methoxy groups -OCH3 is 1. The summed E-state index contributed by atoms with van der Waals surface area (Å²) >= 11 is 7.34. The second-order valence-corrected chi connectivity index (χ2v) is 6.76. The third-order valence-corrected chi connectivity index (χ3v) is 4.62. The van der Waals surface area contributed by atoms with Crippen molar-refractivity contribution < 1.29 is 19.1 Å². The second-order valence-electron chi connectivity index (χ2n) is 5.07. The number of nitrogens with one attached hydrogen (secondary N) is 1. The molecule has 2 aromatic rings. The molecule has 1 aromatic carbocycles. The van der Waals surface area contributed by atoms with E-state index >= 15 is 0 Å². The quantitative estimate of drug-likeness (QED) is 0.618. The molecule has 0 saturated heterocycles. The van der Waals surface area contributed by atoms with Crippen LogP contribution in [-0.2, 0) is 9.53 Å². The number of amides is 1. The van der Waals surface area contributed by atoms with Crippen molar-refractivity contribution in [1.82, 2.24) is 0 Å². The van der Waals surface area contributed by atoms with Crippen molar-refractivity contribution in [2.24, 2.45) is 0 Å². The predicted molar refractivity (Wildman–Crippen MR) is 94.0 cm³/mol. The van der Waals surface area contributed by atoms with E-state index in [0.717, 1.165) is 4.88 Å². The monoisotopic (exact) mass is 365 g/mol. The first-order valence-electron chi connectivity index (χ1n) is 7.18. The number of esters is 1. The zero-order valence-corrected chi connectivity index (χ0v) is 14.8. The van der Waals surface area contributed by atoms with Gasteiger partial charge in [-0.05, 0) is 37.3 Å².